The Morgan fingerprint density at radius 2 is 2.22 bits per heavy atom. The zero-order valence-corrected chi connectivity index (χ0v) is 15.7. The topological polar surface area (TPSA) is 81.1 Å². The number of hydrogen-bond acceptors (Lipinski definition) is 5. The summed E-state index contributed by atoms with van der Waals surface area (Å²) in [6.45, 7) is 6.03. The van der Waals surface area contributed by atoms with Gasteiger partial charge in [-0.2, -0.15) is 0 Å². The molecule has 7 nitrogen and oxygen atoms in total. The van der Waals surface area contributed by atoms with Crippen LogP contribution in [-0.2, 0) is 0 Å². The van der Waals surface area contributed by atoms with Gasteiger partial charge in [-0.15, -0.1) is 5.10 Å². The Bertz CT molecular complexity index is 773. The quantitative estimate of drug-likeness (QED) is 0.776. The molecule has 0 bridgehead atoms. The van der Waals surface area contributed by atoms with E-state index in [0.29, 0.717) is 24.4 Å². The summed E-state index contributed by atoms with van der Waals surface area (Å²) in [5.41, 5.74) is 1.12. The first-order chi connectivity index (χ1) is 13.1. The van der Waals surface area contributed by atoms with Crippen molar-refractivity contribution in [3.05, 3.63) is 41.5 Å². The molecule has 2 aromatic rings. The maximum absolute atomic E-state index is 13.3. The summed E-state index contributed by atoms with van der Waals surface area (Å²) in [6.07, 6.45) is 2.38. The van der Waals surface area contributed by atoms with Crippen molar-refractivity contribution in [3.8, 4) is 5.75 Å². The Balaban J connectivity index is 1.58. The van der Waals surface area contributed by atoms with Gasteiger partial charge in [-0.25, -0.2) is 9.07 Å². The average molecular weight is 375 g/mol. The molecular formula is C19H26FN5O2. The third-order valence-electron chi connectivity index (χ3n) is 4.84. The second-order valence-corrected chi connectivity index (χ2v) is 6.76. The van der Waals surface area contributed by atoms with Crippen LogP contribution in [0.3, 0.4) is 0 Å². The van der Waals surface area contributed by atoms with E-state index in [1.165, 1.54) is 12.1 Å². The molecule has 3 rings (SSSR count). The number of hydrogen-bond donors (Lipinski definition) is 2. The van der Waals surface area contributed by atoms with Crippen molar-refractivity contribution in [2.24, 2.45) is 0 Å². The second-order valence-electron chi connectivity index (χ2n) is 6.76. The van der Waals surface area contributed by atoms with Crippen LogP contribution in [0.5, 0.6) is 5.75 Å². The number of rotatable bonds is 7. The van der Waals surface area contributed by atoms with Gasteiger partial charge in [0.1, 0.15) is 17.7 Å². The van der Waals surface area contributed by atoms with Gasteiger partial charge in [0.25, 0.3) is 5.91 Å². The monoisotopic (exact) mass is 375 g/mol. The Morgan fingerprint density at radius 1 is 1.44 bits per heavy atom. The van der Waals surface area contributed by atoms with Gasteiger partial charge < -0.3 is 15.4 Å². The maximum Gasteiger partial charge on any atom is 0.273 e. The number of nitrogens with one attached hydrogen (secondary N) is 2. The molecule has 146 valence electrons. The van der Waals surface area contributed by atoms with Crippen LogP contribution in [0.4, 0.5) is 4.39 Å². The Labute approximate surface area is 158 Å². The van der Waals surface area contributed by atoms with Gasteiger partial charge in [0.15, 0.2) is 5.69 Å². The molecule has 2 N–H and O–H groups in total. The first kappa shape index (κ1) is 19.3. The van der Waals surface area contributed by atoms with Crippen LogP contribution in [0, 0.1) is 12.7 Å². The van der Waals surface area contributed by atoms with E-state index in [1.807, 2.05) is 18.5 Å². The van der Waals surface area contributed by atoms with Crippen LogP contribution in [-0.4, -0.2) is 46.6 Å². The molecule has 1 aromatic carbocycles. The van der Waals surface area contributed by atoms with Gasteiger partial charge >= 0.3 is 0 Å². The smallest absolute Gasteiger partial charge is 0.273 e. The number of benzene rings is 1. The minimum Gasteiger partial charge on any atom is -0.489 e. The second kappa shape index (κ2) is 8.94. The fourth-order valence-electron chi connectivity index (χ4n) is 3.24. The zero-order valence-electron chi connectivity index (χ0n) is 15.7. The lowest BCUT2D eigenvalue weighted by Gasteiger charge is -2.23. The summed E-state index contributed by atoms with van der Waals surface area (Å²) in [6, 6.07) is 6.27. The van der Waals surface area contributed by atoms with Gasteiger partial charge in [0.05, 0.1) is 18.3 Å². The molecule has 1 aromatic heterocycles. The molecule has 1 amide bonds. The molecule has 0 aliphatic carbocycles. The van der Waals surface area contributed by atoms with E-state index in [9.17, 15) is 9.18 Å². The molecule has 1 atom stereocenters. The third-order valence-corrected chi connectivity index (χ3v) is 4.84. The van der Waals surface area contributed by atoms with Crippen LogP contribution in [0.1, 0.15) is 48.4 Å². The van der Waals surface area contributed by atoms with E-state index in [2.05, 4.69) is 20.9 Å². The van der Waals surface area contributed by atoms with Crippen molar-refractivity contribution in [3.63, 3.8) is 0 Å². The Kier molecular flexibility index (Phi) is 6.39. The Hall–Kier alpha value is -2.48. The predicted molar refractivity (Wildman–Crippen MR) is 99.3 cm³/mol. The highest BCUT2D eigenvalue weighted by atomic mass is 19.1. The molecular weight excluding hydrogens is 349 g/mol. The number of aromatic nitrogens is 3. The number of ether oxygens (including phenoxy) is 1. The number of carbonyl (C=O) groups excluding carboxylic acids is 1. The number of carbonyl (C=O) groups is 1. The van der Waals surface area contributed by atoms with Crippen molar-refractivity contribution in [1.82, 2.24) is 25.6 Å². The maximum atomic E-state index is 13.3. The first-order valence-corrected chi connectivity index (χ1v) is 9.41. The highest BCUT2D eigenvalue weighted by Crippen LogP contribution is 2.20. The molecule has 1 aliphatic heterocycles. The fourth-order valence-corrected chi connectivity index (χ4v) is 3.24. The van der Waals surface area contributed by atoms with Crippen LogP contribution in [0.2, 0.25) is 0 Å². The minimum absolute atomic E-state index is 0.254. The van der Waals surface area contributed by atoms with Crippen LogP contribution in [0.15, 0.2) is 24.3 Å². The summed E-state index contributed by atoms with van der Waals surface area (Å²) in [7, 11) is 0. The molecule has 0 radical (unpaired) electrons. The summed E-state index contributed by atoms with van der Waals surface area (Å²) < 4.78 is 20.9. The lowest BCUT2D eigenvalue weighted by atomic mass is 10.1. The molecule has 1 unspecified atom stereocenters. The highest BCUT2D eigenvalue weighted by molar-refractivity contribution is 5.93. The summed E-state index contributed by atoms with van der Waals surface area (Å²) in [4.78, 5) is 12.5. The van der Waals surface area contributed by atoms with E-state index in [-0.39, 0.29) is 23.9 Å². The lowest BCUT2D eigenvalue weighted by molar-refractivity contribution is 0.0920. The van der Waals surface area contributed by atoms with Gasteiger partial charge in [-0.1, -0.05) is 18.2 Å². The molecule has 1 fully saturated rings. The van der Waals surface area contributed by atoms with Gasteiger partial charge in [0, 0.05) is 6.07 Å². The number of nitrogens with zero attached hydrogens (tertiary/aromatic N) is 3. The molecule has 2 heterocycles. The SMILES string of the molecule is CCC(CNC(=O)c1nnn(C2CCNCC2)c1C)Oc1cccc(F)c1. The molecule has 0 saturated carbocycles. The summed E-state index contributed by atoms with van der Waals surface area (Å²) >= 11 is 0. The van der Waals surface area contributed by atoms with Crippen LogP contribution >= 0.6 is 0 Å². The van der Waals surface area contributed by atoms with E-state index < -0.39 is 0 Å². The predicted octanol–water partition coefficient (Wildman–Crippen LogP) is 2.24. The third kappa shape index (κ3) is 4.82. The molecule has 8 heteroatoms. The molecule has 1 saturated heterocycles. The van der Waals surface area contributed by atoms with Crippen molar-refractivity contribution in [1.29, 1.82) is 0 Å². The van der Waals surface area contributed by atoms with Gasteiger partial charge in [-0.05, 0) is 51.4 Å². The number of piperidine rings is 1. The number of halogens is 1. The average Bonchev–Trinajstić information content (AvgIpc) is 3.07. The van der Waals surface area contributed by atoms with Crippen LogP contribution < -0.4 is 15.4 Å². The van der Waals surface area contributed by atoms with E-state index in [0.717, 1.165) is 31.6 Å². The van der Waals surface area contributed by atoms with E-state index in [1.54, 1.807) is 12.1 Å². The first-order valence-electron chi connectivity index (χ1n) is 9.41. The normalized spacial score (nSPS) is 16.1. The Morgan fingerprint density at radius 3 is 2.93 bits per heavy atom. The highest BCUT2D eigenvalue weighted by Gasteiger charge is 2.23. The van der Waals surface area contributed by atoms with Crippen molar-refractivity contribution in [2.75, 3.05) is 19.6 Å². The van der Waals surface area contributed by atoms with Gasteiger partial charge in [-0.3, -0.25) is 4.79 Å². The minimum atomic E-state index is -0.350. The molecule has 1 aliphatic rings. The van der Waals surface area contributed by atoms with E-state index >= 15 is 0 Å². The van der Waals surface area contributed by atoms with Crippen molar-refractivity contribution in [2.45, 2.75) is 45.3 Å². The standard InChI is InChI=1S/C19H26FN5O2/c1-3-16(27-17-6-4-5-14(20)11-17)12-22-19(26)18-13(2)25(24-23-18)15-7-9-21-10-8-15/h4-6,11,15-16,21H,3,7-10,12H2,1-2H3,(H,22,26). The molecule has 27 heavy (non-hydrogen) atoms. The zero-order chi connectivity index (χ0) is 19.2. The van der Waals surface area contributed by atoms with Crippen LogP contribution in [0.25, 0.3) is 0 Å². The number of amides is 1. The summed E-state index contributed by atoms with van der Waals surface area (Å²) in [5, 5.41) is 14.4. The largest absolute Gasteiger partial charge is 0.489 e. The lowest BCUT2D eigenvalue weighted by Crippen LogP contribution is -2.35. The van der Waals surface area contributed by atoms with E-state index in [4.69, 9.17) is 4.74 Å². The van der Waals surface area contributed by atoms with Crippen molar-refractivity contribution < 1.29 is 13.9 Å². The van der Waals surface area contributed by atoms with Crippen molar-refractivity contribution >= 4 is 5.91 Å². The summed E-state index contributed by atoms with van der Waals surface area (Å²) in [5.74, 6) is -0.172. The molecule has 0 spiro atoms. The fraction of sp³-hybridized carbons (Fsp3) is 0.526. The van der Waals surface area contributed by atoms with Gasteiger partial charge in [0.2, 0.25) is 0 Å².